The number of fused-ring (bicyclic) bond motifs is 1. The van der Waals surface area contributed by atoms with E-state index in [1.807, 2.05) is 71.4 Å². The maximum atomic E-state index is 12.1. The highest BCUT2D eigenvalue weighted by Crippen LogP contribution is 2.28. The molecule has 4 rings (SSSR count). The molecule has 0 saturated carbocycles. The minimum absolute atomic E-state index is 0.0974. The minimum atomic E-state index is -0.298. The van der Waals surface area contributed by atoms with E-state index in [0.717, 1.165) is 22.4 Å². The number of carbonyl (C=O) groups excluding carboxylic acids is 1. The second-order valence-electron chi connectivity index (χ2n) is 6.14. The molecule has 0 aliphatic rings. The first-order chi connectivity index (χ1) is 13.8. The lowest BCUT2D eigenvalue weighted by Crippen LogP contribution is -2.40. The number of para-hydroxylation sites is 2. The second-order valence-corrected chi connectivity index (χ2v) is 6.14. The van der Waals surface area contributed by atoms with Crippen molar-refractivity contribution in [3.05, 3.63) is 73.1 Å². The Bertz CT molecular complexity index is 1130. The van der Waals surface area contributed by atoms with Gasteiger partial charge in [0.05, 0.1) is 23.3 Å². The van der Waals surface area contributed by atoms with Gasteiger partial charge >= 0.3 is 5.97 Å². The Hall–Kier alpha value is -3.67. The summed E-state index contributed by atoms with van der Waals surface area (Å²) >= 11 is 0. The topological polar surface area (TPSA) is 68.8 Å². The van der Waals surface area contributed by atoms with Gasteiger partial charge in [-0.05, 0) is 37.3 Å². The molecular weight excluding hydrogens is 352 g/mol. The quantitative estimate of drug-likeness (QED) is 0.398. The van der Waals surface area contributed by atoms with Crippen LogP contribution in [0.4, 0.5) is 0 Å². The lowest BCUT2D eigenvalue weighted by molar-refractivity contribution is -0.675. The van der Waals surface area contributed by atoms with E-state index in [9.17, 15) is 4.79 Å². The number of hydrogen-bond acceptors (Lipinski definition) is 5. The van der Waals surface area contributed by atoms with Gasteiger partial charge in [0.15, 0.2) is 11.9 Å². The first-order valence-corrected chi connectivity index (χ1v) is 9.09. The molecule has 4 aromatic rings. The number of carbonyl (C=O) groups is 1. The minimum Gasteiger partial charge on any atom is -0.461 e. The summed E-state index contributed by atoms with van der Waals surface area (Å²) in [6.07, 6.45) is 3.57. The average molecular weight is 371 g/mol. The molecule has 6 heteroatoms. The zero-order valence-corrected chi connectivity index (χ0v) is 15.4. The summed E-state index contributed by atoms with van der Waals surface area (Å²) in [6, 6.07) is 19.1. The van der Waals surface area contributed by atoms with Crippen molar-refractivity contribution in [3.63, 3.8) is 0 Å². The maximum absolute atomic E-state index is 12.1. The summed E-state index contributed by atoms with van der Waals surface area (Å²) in [4.78, 5) is 26.2. The third-order valence-electron chi connectivity index (χ3n) is 4.27. The summed E-state index contributed by atoms with van der Waals surface area (Å²) in [7, 11) is 0. The van der Waals surface area contributed by atoms with Crippen LogP contribution >= 0.6 is 0 Å². The highest BCUT2D eigenvalue weighted by atomic mass is 16.5. The van der Waals surface area contributed by atoms with Gasteiger partial charge in [-0.15, -0.1) is 0 Å². The molecule has 138 valence electrons. The molecular formula is C22H19N4O2+. The van der Waals surface area contributed by atoms with Gasteiger partial charge in [-0.3, -0.25) is 4.98 Å². The Morgan fingerprint density at radius 3 is 2.36 bits per heavy atom. The van der Waals surface area contributed by atoms with Crippen molar-refractivity contribution < 1.29 is 14.1 Å². The van der Waals surface area contributed by atoms with E-state index in [1.54, 1.807) is 13.1 Å². The van der Waals surface area contributed by atoms with Crippen LogP contribution in [0.1, 0.15) is 6.92 Å². The number of pyridine rings is 2. The van der Waals surface area contributed by atoms with Crippen LogP contribution in [0.15, 0.2) is 73.1 Å². The van der Waals surface area contributed by atoms with Gasteiger partial charge in [0, 0.05) is 18.3 Å². The van der Waals surface area contributed by atoms with Crippen LogP contribution in [-0.2, 0) is 16.1 Å². The van der Waals surface area contributed by atoms with E-state index in [4.69, 9.17) is 14.7 Å². The highest BCUT2D eigenvalue weighted by Gasteiger charge is 2.23. The molecule has 3 aromatic heterocycles. The Balaban J connectivity index is 1.92. The fourth-order valence-corrected chi connectivity index (χ4v) is 3.03. The van der Waals surface area contributed by atoms with Crippen molar-refractivity contribution in [2.24, 2.45) is 0 Å². The van der Waals surface area contributed by atoms with Crippen LogP contribution in [0.2, 0.25) is 0 Å². The van der Waals surface area contributed by atoms with Crippen molar-refractivity contribution in [1.82, 2.24) is 15.0 Å². The monoisotopic (exact) mass is 371 g/mol. The van der Waals surface area contributed by atoms with Crippen LogP contribution in [-0.4, -0.2) is 27.5 Å². The third kappa shape index (κ3) is 3.57. The molecule has 0 N–H and O–H groups in total. The summed E-state index contributed by atoms with van der Waals surface area (Å²) in [5.41, 5.74) is 4.41. The average Bonchev–Trinajstić information content (AvgIpc) is 2.74. The lowest BCUT2D eigenvalue weighted by Gasteiger charge is -2.09. The Kier molecular flexibility index (Phi) is 5.01. The van der Waals surface area contributed by atoms with E-state index < -0.39 is 0 Å². The number of hydrogen-bond donors (Lipinski definition) is 0. The lowest BCUT2D eigenvalue weighted by atomic mass is 10.1. The molecule has 0 radical (unpaired) electrons. The van der Waals surface area contributed by atoms with E-state index >= 15 is 0 Å². The van der Waals surface area contributed by atoms with Gasteiger partial charge in [0.2, 0.25) is 12.2 Å². The van der Waals surface area contributed by atoms with Crippen molar-refractivity contribution in [2.75, 3.05) is 6.61 Å². The fourth-order valence-electron chi connectivity index (χ4n) is 3.03. The Morgan fingerprint density at radius 1 is 0.929 bits per heavy atom. The number of rotatable bonds is 5. The Labute approximate surface area is 162 Å². The normalized spacial score (nSPS) is 10.8. The van der Waals surface area contributed by atoms with Gasteiger partial charge in [-0.2, -0.15) is 4.57 Å². The smallest absolute Gasteiger partial charge is 0.372 e. The third-order valence-corrected chi connectivity index (χ3v) is 4.27. The first-order valence-electron chi connectivity index (χ1n) is 9.09. The van der Waals surface area contributed by atoms with Gasteiger partial charge in [0.25, 0.3) is 0 Å². The molecule has 0 aliphatic carbocycles. The molecule has 1 aromatic carbocycles. The summed E-state index contributed by atoms with van der Waals surface area (Å²) in [6.45, 7) is 2.24. The van der Waals surface area contributed by atoms with Crippen molar-refractivity contribution >= 4 is 17.0 Å². The van der Waals surface area contributed by atoms with Crippen LogP contribution in [0, 0.1) is 0 Å². The van der Waals surface area contributed by atoms with Crippen molar-refractivity contribution in [1.29, 1.82) is 0 Å². The largest absolute Gasteiger partial charge is 0.461 e. The van der Waals surface area contributed by atoms with Crippen LogP contribution in [0.3, 0.4) is 0 Å². The molecule has 0 amide bonds. The molecule has 3 heterocycles. The molecule has 0 atom stereocenters. The predicted octanol–water partition coefficient (Wildman–Crippen LogP) is 3.21. The molecule has 0 spiro atoms. The van der Waals surface area contributed by atoms with Crippen molar-refractivity contribution in [3.8, 4) is 22.8 Å². The van der Waals surface area contributed by atoms with E-state index in [0.29, 0.717) is 18.0 Å². The summed E-state index contributed by atoms with van der Waals surface area (Å²) < 4.78 is 6.94. The van der Waals surface area contributed by atoms with Crippen molar-refractivity contribution in [2.45, 2.75) is 13.5 Å². The van der Waals surface area contributed by atoms with Crippen LogP contribution < -0.4 is 4.57 Å². The number of nitrogens with zero attached hydrogens (tertiary/aromatic N) is 4. The SMILES string of the molecule is CCOC(=O)C[n+]1ccccc1-c1nc2ccccc2nc1-c1ccccn1. The molecule has 0 aliphatic heterocycles. The molecule has 0 bridgehead atoms. The molecule has 0 unspecified atom stereocenters. The number of benzene rings is 1. The molecule has 6 nitrogen and oxygen atoms in total. The Morgan fingerprint density at radius 2 is 1.64 bits per heavy atom. The molecule has 0 saturated heterocycles. The van der Waals surface area contributed by atoms with Gasteiger partial charge < -0.3 is 4.74 Å². The number of ether oxygens (including phenoxy) is 1. The maximum Gasteiger partial charge on any atom is 0.372 e. The highest BCUT2D eigenvalue weighted by molar-refractivity contribution is 5.83. The van der Waals surface area contributed by atoms with E-state index in [2.05, 4.69) is 4.98 Å². The van der Waals surface area contributed by atoms with Gasteiger partial charge in [0.1, 0.15) is 5.69 Å². The predicted molar refractivity (Wildman–Crippen MR) is 105 cm³/mol. The summed E-state index contributed by atoms with van der Waals surface area (Å²) in [5.74, 6) is -0.298. The van der Waals surface area contributed by atoms with Gasteiger partial charge in [-0.1, -0.05) is 18.2 Å². The van der Waals surface area contributed by atoms with E-state index in [-0.39, 0.29) is 12.5 Å². The zero-order valence-electron chi connectivity index (χ0n) is 15.4. The van der Waals surface area contributed by atoms with E-state index in [1.165, 1.54) is 0 Å². The van der Waals surface area contributed by atoms with Crippen LogP contribution in [0.5, 0.6) is 0 Å². The zero-order chi connectivity index (χ0) is 19.3. The first kappa shape index (κ1) is 17.7. The second kappa shape index (κ2) is 7.92. The van der Waals surface area contributed by atoms with Gasteiger partial charge in [-0.25, -0.2) is 14.8 Å². The fraction of sp³-hybridized carbons (Fsp3) is 0.136. The molecule has 28 heavy (non-hydrogen) atoms. The standard InChI is InChI=1S/C22H19N4O2/c1-2-28-20(27)15-26-14-8-6-12-19(26)22-21(18-11-5-7-13-23-18)24-16-9-3-4-10-17(16)25-22/h3-14H,2,15H2,1H3/q+1. The molecule has 0 fully saturated rings. The van der Waals surface area contributed by atoms with Crippen LogP contribution in [0.25, 0.3) is 33.8 Å². The number of aromatic nitrogens is 4. The number of esters is 1. The summed E-state index contributed by atoms with van der Waals surface area (Å²) in [5, 5.41) is 0.